The summed E-state index contributed by atoms with van der Waals surface area (Å²) in [6.45, 7) is 2.38. The van der Waals surface area contributed by atoms with Crippen LogP contribution in [0.25, 0.3) is 0 Å². The number of nitrogens with one attached hydrogen (secondary N) is 1. The number of rotatable bonds is 3. The van der Waals surface area contributed by atoms with Gasteiger partial charge in [0.2, 0.25) is 6.29 Å². The van der Waals surface area contributed by atoms with Gasteiger partial charge in [-0.25, -0.2) is 0 Å². The van der Waals surface area contributed by atoms with Crippen molar-refractivity contribution in [1.29, 1.82) is 0 Å². The molecule has 0 atom stereocenters. The van der Waals surface area contributed by atoms with E-state index in [9.17, 15) is 9.59 Å². The third-order valence-electron chi connectivity index (χ3n) is 1.66. The van der Waals surface area contributed by atoms with Crippen molar-refractivity contribution in [2.75, 3.05) is 0 Å². The van der Waals surface area contributed by atoms with Crippen molar-refractivity contribution >= 4 is 12.2 Å². The predicted octanol–water partition coefficient (Wildman–Crippen LogP) is 0.810. The zero-order valence-electron chi connectivity index (χ0n) is 7.41. The lowest BCUT2D eigenvalue weighted by molar-refractivity contribution is -0.131. The zero-order valence-corrected chi connectivity index (χ0v) is 7.41. The number of carbonyl (C=O) groups excluding carboxylic acids is 2. The van der Waals surface area contributed by atoms with Crippen LogP contribution in [0.5, 0.6) is 0 Å². The summed E-state index contributed by atoms with van der Waals surface area (Å²) in [6, 6.07) is 7.76. The molecule has 3 nitrogen and oxygen atoms in total. The molecule has 0 spiro atoms. The highest BCUT2D eigenvalue weighted by Gasteiger charge is 1.97. The molecule has 0 aliphatic rings. The number of aryl methyl sites for hydroxylation is 1. The molecule has 0 aromatic heterocycles. The fraction of sp³-hybridized carbons (Fsp3) is 0.200. The predicted molar refractivity (Wildman–Crippen MR) is 49.1 cm³/mol. The van der Waals surface area contributed by atoms with Gasteiger partial charge in [-0.2, -0.15) is 0 Å². The van der Waals surface area contributed by atoms with Crippen molar-refractivity contribution in [3.8, 4) is 0 Å². The first-order valence-electron chi connectivity index (χ1n) is 4.01. The van der Waals surface area contributed by atoms with Gasteiger partial charge in [-0.15, -0.1) is 0 Å². The van der Waals surface area contributed by atoms with E-state index in [4.69, 9.17) is 0 Å². The fourth-order valence-corrected chi connectivity index (χ4v) is 1.05. The first-order chi connectivity index (χ1) is 6.22. The third kappa shape index (κ3) is 3.07. The summed E-state index contributed by atoms with van der Waals surface area (Å²) >= 11 is 0. The van der Waals surface area contributed by atoms with Crippen LogP contribution >= 0.6 is 0 Å². The molecule has 1 rings (SSSR count). The van der Waals surface area contributed by atoms with E-state index in [1.54, 1.807) is 0 Å². The molecular formula is C10H11NO2. The van der Waals surface area contributed by atoms with E-state index in [1.807, 2.05) is 31.2 Å². The molecule has 1 aromatic carbocycles. The lowest BCUT2D eigenvalue weighted by Crippen LogP contribution is -2.23. The molecule has 0 heterocycles. The quantitative estimate of drug-likeness (QED) is 0.548. The smallest absolute Gasteiger partial charge is 0.284 e. The largest absolute Gasteiger partial charge is 0.346 e. The van der Waals surface area contributed by atoms with Crippen LogP contribution in [0.2, 0.25) is 0 Å². The Kier molecular flexibility index (Phi) is 3.20. The molecule has 0 bridgehead atoms. The van der Waals surface area contributed by atoms with Crippen LogP contribution in [0.3, 0.4) is 0 Å². The number of aldehydes is 1. The van der Waals surface area contributed by atoms with Gasteiger partial charge >= 0.3 is 0 Å². The van der Waals surface area contributed by atoms with Gasteiger partial charge in [0.25, 0.3) is 5.91 Å². The maximum atomic E-state index is 10.6. The van der Waals surface area contributed by atoms with Crippen LogP contribution in [-0.2, 0) is 16.1 Å². The van der Waals surface area contributed by atoms with Gasteiger partial charge in [0, 0.05) is 6.54 Å². The number of amides is 1. The summed E-state index contributed by atoms with van der Waals surface area (Å²) in [5, 5.41) is 2.47. The Balaban J connectivity index is 2.54. The average molecular weight is 177 g/mol. The second kappa shape index (κ2) is 4.40. The summed E-state index contributed by atoms with van der Waals surface area (Å²) in [6.07, 6.45) is 0.274. The molecule has 1 aromatic rings. The first kappa shape index (κ1) is 9.45. The summed E-state index contributed by atoms with van der Waals surface area (Å²) in [4.78, 5) is 20.6. The van der Waals surface area contributed by atoms with Gasteiger partial charge in [-0.1, -0.05) is 29.8 Å². The molecule has 0 fully saturated rings. The highest BCUT2D eigenvalue weighted by Crippen LogP contribution is 2.02. The van der Waals surface area contributed by atoms with Gasteiger partial charge in [0.15, 0.2) is 0 Å². The Hall–Kier alpha value is -1.64. The molecular weight excluding hydrogens is 166 g/mol. The van der Waals surface area contributed by atoms with Crippen LogP contribution < -0.4 is 5.32 Å². The maximum absolute atomic E-state index is 10.6. The summed E-state index contributed by atoms with van der Waals surface area (Å²) in [5.74, 6) is -0.582. The minimum absolute atomic E-state index is 0.274. The summed E-state index contributed by atoms with van der Waals surface area (Å²) < 4.78 is 0. The molecule has 1 N–H and O–H groups in total. The second-order valence-corrected chi connectivity index (χ2v) is 2.82. The van der Waals surface area contributed by atoms with E-state index in [2.05, 4.69) is 5.32 Å². The number of carbonyl (C=O) groups is 2. The van der Waals surface area contributed by atoms with E-state index >= 15 is 0 Å². The van der Waals surface area contributed by atoms with Crippen molar-refractivity contribution in [2.45, 2.75) is 13.5 Å². The van der Waals surface area contributed by atoms with Crippen LogP contribution in [0.1, 0.15) is 11.1 Å². The molecule has 0 aliphatic heterocycles. The standard InChI is InChI=1S/C10H11NO2/c1-8-3-2-4-9(5-8)6-11-10(13)7-12/h2-5,7H,6H2,1H3,(H,11,13). The highest BCUT2D eigenvalue weighted by atomic mass is 16.2. The van der Waals surface area contributed by atoms with E-state index in [0.29, 0.717) is 6.54 Å². The van der Waals surface area contributed by atoms with E-state index in [0.717, 1.165) is 11.1 Å². The topological polar surface area (TPSA) is 46.2 Å². The molecule has 0 saturated carbocycles. The Morgan fingerprint density at radius 1 is 1.54 bits per heavy atom. The van der Waals surface area contributed by atoms with Crippen LogP contribution in [-0.4, -0.2) is 12.2 Å². The minimum Gasteiger partial charge on any atom is -0.346 e. The molecule has 1 amide bonds. The first-order valence-corrected chi connectivity index (χ1v) is 4.01. The Labute approximate surface area is 76.8 Å². The Morgan fingerprint density at radius 3 is 2.92 bits per heavy atom. The summed E-state index contributed by atoms with van der Waals surface area (Å²) in [5.41, 5.74) is 2.13. The zero-order chi connectivity index (χ0) is 9.68. The van der Waals surface area contributed by atoms with Crippen LogP contribution in [0.15, 0.2) is 24.3 Å². The highest BCUT2D eigenvalue weighted by molar-refractivity contribution is 6.23. The number of benzene rings is 1. The minimum atomic E-state index is -0.582. The average Bonchev–Trinajstić information content (AvgIpc) is 2.14. The van der Waals surface area contributed by atoms with Crippen molar-refractivity contribution in [2.24, 2.45) is 0 Å². The number of hydrogen-bond donors (Lipinski definition) is 1. The van der Waals surface area contributed by atoms with Gasteiger partial charge < -0.3 is 5.32 Å². The lowest BCUT2D eigenvalue weighted by Gasteiger charge is -2.01. The van der Waals surface area contributed by atoms with Gasteiger partial charge in [0.1, 0.15) is 0 Å². The number of hydrogen-bond acceptors (Lipinski definition) is 2. The van der Waals surface area contributed by atoms with E-state index in [1.165, 1.54) is 0 Å². The molecule has 0 radical (unpaired) electrons. The molecule has 0 saturated heterocycles. The van der Waals surface area contributed by atoms with E-state index in [-0.39, 0.29) is 6.29 Å². The fourth-order valence-electron chi connectivity index (χ4n) is 1.05. The van der Waals surface area contributed by atoms with Crippen molar-refractivity contribution in [3.63, 3.8) is 0 Å². The maximum Gasteiger partial charge on any atom is 0.284 e. The molecule has 13 heavy (non-hydrogen) atoms. The lowest BCUT2D eigenvalue weighted by atomic mass is 10.1. The van der Waals surface area contributed by atoms with Gasteiger partial charge in [-0.05, 0) is 12.5 Å². The monoisotopic (exact) mass is 177 g/mol. The molecule has 0 unspecified atom stereocenters. The SMILES string of the molecule is Cc1cccc(CNC(=O)C=O)c1. The van der Waals surface area contributed by atoms with Gasteiger partial charge in [-0.3, -0.25) is 9.59 Å². The normalized spacial score (nSPS) is 9.31. The van der Waals surface area contributed by atoms with Crippen LogP contribution in [0.4, 0.5) is 0 Å². The Bertz CT molecular complexity index is 320. The molecule has 0 aliphatic carbocycles. The van der Waals surface area contributed by atoms with Crippen molar-refractivity contribution in [1.82, 2.24) is 5.32 Å². The van der Waals surface area contributed by atoms with E-state index < -0.39 is 5.91 Å². The Morgan fingerprint density at radius 2 is 2.31 bits per heavy atom. The van der Waals surface area contributed by atoms with Gasteiger partial charge in [0.05, 0.1) is 0 Å². The van der Waals surface area contributed by atoms with Crippen LogP contribution in [0, 0.1) is 6.92 Å². The molecule has 3 heteroatoms. The third-order valence-corrected chi connectivity index (χ3v) is 1.66. The second-order valence-electron chi connectivity index (χ2n) is 2.82. The van der Waals surface area contributed by atoms with Crippen molar-refractivity contribution < 1.29 is 9.59 Å². The summed E-state index contributed by atoms with van der Waals surface area (Å²) in [7, 11) is 0. The molecule has 68 valence electrons. The van der Waals surface area contributed by atoms with Crippen molar-refractivity contribution in [3.05, 3.63) is 35.4 Å².